The molecule has 0 bridgehead atoms. The number of halogens is 1. The van der Waals surface area contributed by atoms with Crippen molar-refractivity contribution in [1.29, 1.82) is 0 Å². The minimum absolute atomic E-state index is 0.440. The maximum absolute atomic E-state index is 5.82. The summed E-state index contributed by atoms with van der Waals surface area (Å²) in [4.78, 5) is 0. The Morgan fingerprint density at radius 2 is 2.05 bits per heavy atom. The van der Waals surface area contributed by atoms with E-state index in [4.69, 9.17) is 10.5 Å². The summed E-state index contributed by atoms with van der Waals surface area (Å²) < 4.78 is 8.57. The highest BCUT2D eigenvalue weighted by atomic mass is 79.9. The lowest BCUT2D eigenvalue weighted by molar-refractivity contribution is 0.295. The van der Waals surface area contributed by atoms with Crippen LogP contribution >= 0.6 is 15.9 Å². The summed E-state index contributed by atoms with van der Waals surface area (Å²) in [6.45, 7) is 4.79. The predicted molar refractivity (Wildman–Crippen MR) is 84.7 cm³/mol. The van der Waals surface area contributed by atoms with Crippen molar-refractivity contribution in [2.24, 2.45) is 0 Å². The number of nitrogen functional groups attached to an aromatic ring is 1. The lowest BCUT2D eigenvalue weighted by Crippen LogP contribution is -2.08. The van der Waals surface area contributed by atoms with Crippen LogP contribution in [0.2, 0.25) is 0 Å². The molecule has 2 N–H and O–H groups in total. The first-order valence-electron chi connectivity index (χ1n) is 6.86. The van der Waals surface area contributed by atoms with E-state index in [-0.39, 0.29) is 0 Å². The third kappa shape index (κ3) is 3.33. The molecule has 0 amide bonds. The average molecular weight is 338 g/mol. The Labute approximate surface area is 128 Å². The summed E-state index contributed by atoms with van der Waals surface area (Å²) in [6.07, 6.45) is 4.18. The van der Waals surface area contributed by atoms with E-state index in [1.54, 1.807) is 0 Å². The van der Waals surface area contributed by atoms with Gasteiger partial charge in [-0.1, -0.05) is 19.9 Å². The van der Waals surface area contributed by atoms with E-state index in [1.807, 2.05) is 35.1 Å². The fraction of sp³-hybridized carbons (Fsp3) is 0.400. The molecule has 2 rings (SSSR count). The Kier molecular flexibility index (Phi) is 5.06. The van der Waals surface area contributed by atoms with Crippen LogP contribution in [0.15, 0.2) is 34.9 Å². The molecule has 1 heterocycles. The third-order valence-corrected chi connectivity index (χ3v) is 4.20. The van der Waals surface area contributed by atoms with Gasteiger partial charge < -0.3 is 10.5 Å². The van der Waals surface area contributed by atoms with Crippen LogP contribution in [-0.2, 0) is 6.61 Å². The molecule has 0 fully saturated rings. The van der Waals surface area contributed by atoms with Gasteiger partial charge in [0.1, 0.15) is 12.4 Å². The van der Waals surface area contributed by atoms with Crippen LogP contribution < -0.4 is 10.5 Å². The van der Waals surface area contributed by atoms with Crippen LogP contribution in [0.25, 0.3) is 0 Å². The van der Waals surface area contributed by atoms with Gasteiger partial charge in [-0.05, 0) is 47.0 Å². The van der Waals surface area contributed by atoms with Crippen molar-refractivity contribution in [2.75, 3.05) is 5.73 Å². The number of ether oxygens (including phenoxy) is 1. The first kappa shape index (κ1) is 14.9. The van der Waals surface area contributed by atoms with Gasteiger partial charge in [-0.25, -0.2) is 0 Å². The average Bonchev–Trinajstić information content (AvgIpc) is 2.91. The van der Waals surface area contributed by atoms with Crippen LogP contribution in [0.4, 0.5) is 5.69 Å². The van der Waals surface area contributed by atoms with E-state index in [0.717, 1.165) is 28.8 Å². The normalized spacial score (nSPS) is 11.0. The van der Waals surface area contributed by atoms with Gasteiger partial charge in [0.25, 0.3) is 0 Å². The summed E-state index contributed by atoms with van der Waals surface area (Å²) in [5.74, 6) is 0.738. The maximum atomic E-state index is 5.82. The van der Waals surface area contributed by atoms with Crippen molar-refractivity contribution in [3.8, 4) is 5.75 Å². The highest BCUT2D eigenvalue weighted by Crippen LogP contribution is 2.30. The summed E-state index contributed by atoms with van der Waals surface area (Å²) in [7, 11) is 0. The number of nitrogens with zero attached hydrogens (tertiary/aromatic N) is 2. The van der Waals surface area contributed by atoms with Crippen molar-refractivity contribution in [3.63, 3.8) is 0 Å². The summed E-state index contributed by atoms with van der Waals surface area (Å²) in [6, 6.07) is 8.05. The Bertz CT molecular complexity index is 564. The molecule has 108 valence electrons. The maximum Gasteiger partial charge on any atom is 0.136 e. The zero-order valence-electron chi connectivity index (χ0n) is 11.8. The fourth-order valence-corrected chi connectivity index (χ4v) is 2.49. The molecule has 0 saturated carbocycles. The molecule has 5 heteroatoms. The molecule has 0 aliphatic heterocycles. The molecular weight excluding hydrogens is 318 g/mol. The highest BCUT2D eigenvalue weighted by molar-refractivity contribution is 9.10. The largest absolute Gasteiger partial charge is 0.486 e. The zero-order chi connectivity index (χ0) is 14.5. The molecular formula is C15H20BrN3O. The molecule has 0 radical (unpaired) electrons. The van der Waals surface area contributed by atoms with Crippen LogP contribution in [0.5, 0.6) is 5.75 Å². The first-order chi connectivity index (χ1) is 9.65. The van der Waals surface area contributed by atoms with Gasteiger partial charge >= 0.3 is 0 Å². The van der Waals surface area contributed by atoms with E-state index in [0.29, 0.717) is 18.3 Å². The highest BCUT2D eigenvalue weighted by Gasteiger charge is 2.09. The molecule has 2 aromatic rings. The Balaban J connectivity index is 2.03. The number of hydrogen-bond donors (Lipinski definition) is 1. The van der Waals surface area contributed by atoms with Gasteiger partial charge in [0, 0.05) is 11.9 Å². The van der Waals surface area contributed by atoms with E-state index < -0.39 is 0 Å². The quantitative estimate of drug-likeness (QED) is 0.805. The molecule has 0 aliphatic carbocycles. The summed E-state index contributed by atoms with van der Waals surface area (Å²) >= 11 is 3.43. The van der Waals surface area contributed by atoms with Gasteiger partial charge in [-0.2, -0.15) is 5.10 Å². The summed E-state index contributed by atoms with van der Waals surface area (Å²) in [5.41, 5.74) is 7.42. The SMILES string of the molecule is CCC(CC)n1ccc(COc2cccc(N)c2Br)n1. The first-order valence-corrected chi connectivity index (χ1v) is 7.65. The van der Waals surface area contributed by atoms with Crippen LogP contribution in [-0.4, -0.2) is 9.78 Å². The number of rotatable bonds is 6. The second kappa shape index (κ2) is 6.79. The van der Waals surface area contributed by atoms with Crippen molar-refractivity contribution in [2.45, 2.75) is 39.3 Å². The minimum Gasteiger partial charge on any atom is -0.486 e. The molecule has 0 saturated heterocycles. The van der Waals surface area contributed by atoms with E-state index in [1.165, 1.54) is 0 Å². The fourth-order valence-electron chi connectivity index (χ4n) is 2.11. The Morgan fingerprint density at radius 3 is 2.75 bits per heavy atom. The molecule has 0 unspecified atom stereocenters. The smallest absolute Gasteiger partial charge is 0.136 e. The van der Waals surface area contributed by atoms with E-state index in [2.05, 4.69) is 34.9 Å². The van der Waals surface area contributed by atoms with Gasteiger partial charge in [0.15, 0.2) is 0 Å². The third-order valence-electron chi connectivity index (χ3n) is 3.35. The van der Waals surface area contributed by atoms with Crippen molar-refractivity contribution >= 4 is 21.6 Å². The molecule has 20 heavy (non-hydrogen) atoms. The van der Waals surface area contributed by atoms with Gasteiger partial charge in [0.2, 0.25) is 0 Å². The Hall–Kier alpha value is -1.49. The number of nitrogens with two attached hydrogens (primary N) is 1. The monoisotopic (exact) mass is 337 g/mol. The van der Waals surface area contributed by atoms with E-state index in [9.17, 15) is 0 Å². The lowest BCUT2D eigenvalue weighted by atomic mass is 10.2. The molecule has 0 aliphatic rings. The summed E-state index contributed by atoms with van der Waals surface area (Å²) in [5, 5.41) is 4.56. The van der Waals surface area contributed by atoms with Crippen LogP contribution in [0.3, 0.4) is 0 Å². The van der Waals surface area contributed by atoms with Crippen LogP contribution in [0.1, 0.15) is 38.4 Å². The molecule has 1 aromatic heterocycles. The van der Waals surface area contributed by atoms with Gasteiger partial charge in [-0.15, -0.1) is 0 Å². The second-order valence-electron chi connectivity index (χ2n) is 4.71. The Morgan fingerprint density at radius 1 is 1.30 bits per heavy atom. The van der Waals surface area contributed by atoms with Crippen molar-refractivity contribution in [3.05, 3.63) is 40.6 Å². The standard InChI is InChI=1S/C15H20BrN3O/c1-3-12(4-2)19-9-8-11(18-19)10-20-14-7-5-6-13(17)15(14)16/h5-9,12H,3-4,10,17H2,1-2H3. The predicted octanol–water partition coefficient (Wildman–Crippen LogP) is 4.17. The topological polar surface area (TPSA) is 53.1 Å². The van der Waals surface area contributed by atoms with Crippen LogP contribution in [0, 0.1) is 0 Å². The number of aromatic nitrogens is 2. The number of anilines is 1. The molecule has 4 nitrogen and oxygen atoms in total. The van der Waals surface area contributed by atoms with Crippen molar-refractivity contribution < 1.29 is 4.74 Å². The number of benzene rings is 1. The van der Waals surface area contributed by atoms with E-state index >= 15 is 0 Å². The molecule has 1 aromatic carbocycles. The van der Waals surface area contributed by atoms with Gasteiger partial charge in [0.05, 0.1) is 16.2 Å². The van der Waals surface area contributed by atoms with Crippen molar-refractivity contribution in [1.82, 2.24) is 9.78 Å². The molecule has 0 spiro atoms. The lowest BCUT2D eigenvalue weighted by Gasteiger charge is -2.12. The zero-order valence-corrected chi connectivity index (χ0v) is 13.4. The van der Waals surface area contributed by atoms with Gasteiger partial charge in [-0.3, -0.25) is 4.68 Å². The minimum atomic E-state index is 0.440. The second-order valence-corrected chi connectivity index (χ2v) is 5.50. The number of hydrogen-bond acceptors (Lipinski definition) is 3. The molecule has 0 atom stereocenters.